The number of thiophene rings is 1. The van der Waals surface area contributed by atoms with Crippen LogP contribution in [0.15, 0.2) is 11.6 Å². The van der Waals surface area contributed by atoms with E-state index in [0.717, 1.165) is 26.5 Å². The van der Waals surface area contributed by atoms with Crippen LogP contribution in [0.25, 0.3) is 10.2 Å². The summed E-state index contributed by atoms with van der Waals surface area (Å²) in [5.74, 6) is -2.98. The van der Waals surface area contributed by atoms with Gasteiger partial charge in [-0.05, 0) is 19.4 Å². The van der Waals surface area contributed by atoms with Crippen molar-refractivity contribution in [3.63, 3.8) is 0 Å². The summed E-state index contributed by atoms with van der Waals surface area (Å²) in [5, 5.41) is 14.0. The molecule has 1 amide bonds. The Balaban J connectivity index is 0.000000370. The molecule has 3 aromatic heterocycles. The van der Waals surface area contributed by atoms with E-state index in [9.17, 15) is 18.0 Å². The molecule has 0 aliphatic rings. The highest BCUT2D eigenvalue weighted by molar-refractivity contribution is 7.21. The number of carboxylic acid groups (broad SMARTS) is 1. The Bertz CT molecular complexity index is 1050. The maximum absolute atomic E-state index is 12.3. The first-order chi connectivity index (χ1) is 13.4. The summed E-state index contributed by atoms with van der Waals surface area (Å²) in [6, 6.07) is 0. The van der Waals surface area contributed by atoms with Gasteiger partial charge in [-0.25, -0.2) is 14.8 Å². The van der Waals surface area contributed by atoms with Gasteiger partial charge in [-0.2, -0.15) is 13.2 Å². The molecule has 0 aromatic carbocycles. The third-order valence-electron chi connectivity index (χ3n) is 3.55. The number of nitrogens with two attached hydrogens (primary N) is 1. The predicted octanol–water partition coefficient (Wildman–Crippen LogP) is 4.17. The van der Waals surface area contributed by atoms with Crippen LogP contribution in [0.4, 0.5) is 18.9 Å². The molecule has 29 heavy (non-hydrogen) atoms. The molecule has 3 rings (SSSR count). The Kier molecular flexibility index (Phi) is 7.03. The minimum absolute atomic E-state index is 0.219. The molecule has 0 aliphatic heterocycles. The quantitative estimate of drug-likeness (QED) is 0.533. The highest BCUT2D eigenvalue weighted by Crippen LogP contribution is 2.38. The number of aromatic nitrogens is 2. The number of pyridine rings is 1. The van der Waals surface area contributed by atoms with Gasteiger partial charge in [-0.15, -0.1) is 22.7 Å². The molecule has 0 atom stereocenters. The second-order valence-electron chi connectivity index (χ2n) is 5.57. The van der Waals surface area contributed by atoms with E-state index in [4.69, 9.17) is 27.2 Å². The van der Waals surface area contributed by atoms with Gasteiger partial charge in [0.1, 0.15) is 14.7 Å². The number of aryl methyl sites for hydroxylation is 2. The van der Waals surface area contributed by atoms with Crippen LogP contribution in [0.1, 0.15) is 25.9 Å². The largest absolute Gasteiger partial charge is 0.490 e. The van der Waals surface area contributed by atoms with E-state index < -0.39 is 12.1 Å². The molecular formula is C16H14ClF3N4O3S2. The number of nitrogens with one attached hydrogen (secondary N) is 1. The number of carbonyl (C=O) groups is 2. The second kappa shape index (κ2) is 8.93. The lowest BCUT2D eigenvalue weighted by Crippen LogP contribution is -2.22. The smallest absolute Gasteiger partial charge is 0.475 e. The Hall–Kier alpha value is -2.44. The lowest BCUT2D eigenvalue weighted by atomic mass is 10.1. The van der Waals surface area contributed by atoms with Crippen molar-refractivity contribution in [2.45, 2.75) is 26.6 Å². The SMILES string of the molecule is Cc1nc2sc(C(=O)NCc3nccs3)c(N)c2c(C)c1Cl.O=C(O)C(F)(F)F. The van der Waals surface area contributed by atoms with Crippen LogP contribution >= 0.6 is 34.3 Å². The lowest BCUT2D eigenvalue weighted by Gasteiger charge is -2.04. The highest BCUT2D eigenvalue weighted by Gasteiger charge is 2.38. The lowest BCUT2D eigenvalue weighted by molar-refractivity contribution is -0.192. The van der Waals surface area contributed by atoms with Crippen LogP contribution in [-0.4, -0.2) is 33.1 Å². The average molecular weight is 467 g/mol. The van der Waals surface area contributed by atoms with Gasteiger partial charge in [0.2, 0.25) is 0 Å². The van der Waals surface area contributed by atoms with Gasteiger partial charge in [0.05, 0.1) is 22.9 Å². The first-order valence-corrected chi connectivity index (χ1v) is 9.82. The summed E-state index contributed by atoms with van der Waals surface area (Å²) < 4.78 is 31.7. The molecular weight excluding hydrogens is 453 g/mol. The van der Waals surface area contributed by atoms with Gasteiger partial charge >= 0.3 is 12.1 Å². The fourth-order valence-corrected chi connectivity index (χ4v) is 4.01. The van der Waals surface area contributed by atoms with Crippen molar-refractivity contribution in [3.8, 4) is 0 Å². The van der Waals surface area contributed by atoms with Crippen molar-refractivity contribution >= 4 is 62.1 Å². The molecule has 0 unspecified atom stereocenters. The molecule has 0 aliphatic carbocycles. The van der Waals surface area contributed by atoms with Gasteiger partial charge in [0.25, 0.3) is 5.91 Å². The number of carbonyl (C=O) groups excluding carboxylic acids is 1. The van der Waals surface area contributed by atoms with E-state index in [1.165, 1.54) is 22.7 Å². The predicted molar refractivity (Wildman–Crippen MR) is 105 cm³/mol. The summed E-state index contributed by atoms with van der Waals surface area (Å²) >= 11 is 9.00. The van der Waals surface area contributed by atoms with Gasteiger partial charge < -0.3 is 16.2 Å². The molecule has 3 heterocycles. The van der Waals surface area contributed by atoms with Gasteiger partial charge in [0.15, 0.2) is 0 Å². The molecule has 7 nitrogen and oxygen atoms in total. The van der Waals surface area contributed by atoms with E-state index >= 15 is 0 Å². The van der Waals surface area contributed by atoms with E-state index in [-0.39, 0.29) is 5.91 Å². The standard InChI is InChI=1S/C14H13ClN4OS2.C2HF3O2/c1-6-9-11(16)12(22-14(9)19-7(2)10(6)15)13(20)18-5-8-17-3-4-21-8;3-2(4,5)1(6)7/h3-4H,5,16H2,1-2H3,(H,18,20);(H,6,7). The number of hydrogen-bond donors (Lipinski definition) is 3. The van der Waals surface area contributed by atoms with Gasteiger partial charge in [0, 0.05) is 17.0 Å². The van der Waals surface area contributed by atoms with Gasteiger partial charge in [-0.1, -0.05) is 11.6 Å². The van der Waals surface area contributed by atoms with Crippen LogP contribution in [-0.2, 0) is 11.3 Å². The van der Waals surface area contributed by atoms with Crippen LogP contribution in [0.2, 0.25) is 5.02 Å². The molecule has 0 bridgehead atoms. The van der Waals surface area contributed by atoms with Crippen molar-refractivity contribution in [1.29, 1.82) is 0 Å². The van der Waals surface area contributed by atoms with Crippen LogP contribution in [0.5, 0.6) is 0 Å². The van der Waals surface area contributed by atoms with E-state index in [1.807, 2.05) is 19.2 Å². The fraction of sp³-hybridized carbons (Fsp3) is 0.250. The number of carboxylic acids is 1. The highest BCUT2D eigenvalue weighted by atomic mass is 35.5. The summed E-state index contributed by atoms with van der Waals surface area (Å²) in [6.07, 6.45) is -3.38. The normalized spacial score (nSPS) is 11.1. The van der Waals surface area contributed by atoms with Crippen molar-refractivity contribution < 1.29 is 27.9 Å². The molecule has 0 saturated carbocycles. The zero-order valence-corrected chi connectivity index (χ0v) is 17.3. The molecule has 156 valence electrons. The molecule has 0 saturated heterocycles. The first kappa shape index (κ1) is 22.8. The van der Waals surface area contributed by atoms with E-state index in [2.05, 4.69) is 15.3 Å². The minimum Gasteiger partial charge on any atom is -0.475 e. The number of fused-ring (bicyclic) bond motifs is 1. The Morgan fingerprint density at radius 1 is 1.34 bits per heavy atom. The number of nitrogen functional groups attached to an aromatic ring is 1. The number of nitrogens with zero attached hydrogens (tertiary/aromatic N) is 2. The van der Waals surface area contributed by atoms with Crippen molar-refractivity contribution in [1.82, 2.24) is 15.3 Å². The van der Waals surface area contributed by atoms with Crippen molar-refractivity contribution in [2.75, 3.05) is 5.73 Å². The summed E-state index contributed by atoms with van der Waals surface area (Å²) in [4.78, 5) is 31.0. The first-order valence-electron chi connectivity index (χ1n) is 7.74. The van der Waals surface area contributed by atoms with Crippen LogP contribution < -0.4 is 11.1 Å². The zero-order valence-electron chi connectivity index (χ0n) is 14.9. The maximum atomic E-state index is 12.3. The van der Waals surface area contributed by atoms with Gasteiger partial charge in [-0.3, -0.25) is 4.79 Å². The number of alkyl halides is 3. The second-order valence-corrected chi connectivity index (χ2v) is 7.93. The third kappa shape index (κ3) is 5.34. The number of thiazole rings is 1. The Morgan fingerprint density at radius 3 is 2.48 bits per heavy atom. The van der Waals surface area contributed by atoms with Crippen LogP contribution in [0, 0.1) is 13.8 Å². The third-order valence-corrected chi connectivity index (χ3v) is 5.98. The molecule has 4 N–H and O–H groups in total. The number of hydrogen-bond acceptors (Lipinski definition) is 7. The molecule has 0 spiro atoms. The fourth-order valence-electron chi connectivity index (χ4n) is 2.20. The topological polar surface area (TPSA) is 118 Å². The molecule has 0 radical (unpaired) electrons. The number of rotatable bonds is 3. The minimum atomic E-state index is -5.08. The van der Waals surface area contributed by atoms with E-state index in [1.54, 1.807) is 6.20 Å². The number of aliphatic carboxylic acids is 1. The molecule has 0 fully saturated rings. The van der Waals surface area contributed by atoms with Crippen molar-refractivity contribution in [2.24, 2.45) is 0 Å². The molecule has 13 heteroatoms. The Morgan fingerprint density at radius 2 is 1.97 bits per heavy atom. The van der Waals surface area contributed by atoms with Crippen LogP contribution in [0.3, 0.4) is 0 Å². The number of anilines is 1. The summed E-state index contributed by atoms with van der Waals surface area (Å²) in [5.41, 5.74) is 8.18. The number of amides is 1. The van der Waals surface area contributed by atoms with E-state index in [0.29, 0.717) is 22.1 Å². The summed E-state index contributed by atoms with van der Waals surface area (Å²) in [6.45, 7) is 4.11. The van der Waals surface area contributed by atoms with Crippen molar-refractivity contribution in [3.05, 3.63) is 37.7 Å². The Labute approximate surface area is 175 Å². The summed E-state index contributed by atoms with van der Waals surface area (Å²) in [7, 11) is 0. The monoisotopic (exact) mass is 466 g/mol. The molecule has 3 aromatic rings. The maximum Gasteiger partial charge on any atom is 0.490 e. The zero-order chi connectivity index (χ0) is 21.9. The number of halogens is 4. The average Bonchev–Trinajstić information content (AvgIpc) is 3.25.